The molecule has 5 nitrogen and oxygen atoms in total. The highest BCUT2D eigenvalue weighted by atomic mass is 16.3. The molecule has 0 saturated heterocycles. The molecule has 5 heteroatoms. The van der Waals surface area contributed by atoms with Crippen molar-refractivity contribution in [3.05, 3.63) is 89.6 Å². The molecule has 2 rings (SSSR count). The molecule has 1 N–H and O–H groups in total. The molecule has 0 aromatic heterocycles. The summed E-state index contributed by atoms with van der Waals surface area (Å²) in [5.74, 6) is -0.0454. The van der Waals surface area contributed by atoms with Crippen LogP contribution in [0.1, 0.15) is 25.3 Å². The molecule has 1 aliphatic carbocycles. The van der Waals surface area contributed by atoms with Gasteiger partial charge in [0.15, 0.2) is 0 Å². The van der Waals surface area contributed by atoms with E-state index in [1.807, 2.05) is 44.2 Å². The number of azo groups is 2. The minimum absolute atomic E-state index is 0.0454. The van der Waals surface area contributed by atoms with E-state index in [0.29, 0.717) is 5.70 Å². The zero-order chi connectivity index (χ0) is 18.2. The normalized spacial score (nSPS) is 15.4. The highest BCUT2D eigenvalue weighted by molar-refractivity contribution is 5.44. The molecule has 0 radical (unpaired) electrons. The monoisotopic (exact) mass is 334 g/mol. The van der Waals surface area contributed by atoms with Crippen LogP contribution in [0, 0.1) is 6.92 Å². The van der Waals surface area contributed by atoms with Gasteiger partial charge in [-0.1, -0.05) is 31.4 Å². The summed E-state index contributed by atoms with van der Waals surface area (Å²) >= 11 is 0. The topological polar surface area (TPSA) is 69.7 Å². The lowest BCUT2D eigenvalue weighted by atomic mass is 10.0. The van der Waals surface area contributed by atoms with E-state index in [-0.39, 0.29) is 5.76 Å². The van der Waals surface area contributed by atoms with Crippen LogP contribution in [0.4, 0.5) is 5.69 Å². The van der Waals surface area contributed by atoms with E-state index in [0.717, 1.165) is 41.1 Å². The minimum Gasteiger partial charge on any atom is -0.509 e. The Kier molecular flexibility index (Phi) is 6.34. The van der Waals surface area contributed by atoms with Gasteiger partial charge >= 0.3 is 0 Å². The third-order valence-electron chi connectivity index (χ3n) is 3.63. The van der Waals surface area contributed by atoms with Crippen molar-refractivity contribution in [2.24, 2.45) is 20.5 Å². The molecule has 1 aromatic rings. The van der Waals surface area contributed by atoms with E-state index in [1.165, 1.54) is 6.08 Å². The average molecular weight is 334 g/mol. The molecule has 0 amide bonds. The number of benzene rings is 1. The number of aryl methyl sites for hydroxylation is 1. The standard InChI is InChI=1S/C20H22N4O/c1-14-7-5-6-8-19(14)24-22-18-11-12-20(15(2)13-18)23-21-16(3)9-10-17(4)25/h5-10,13,25H,3-4,11-12H2,1-2H3/b10-9-,23-21?,24-22?. The van der Waals surface area contributed by atoms with E-state index < -0.39 is 0 Å². The fourth-order valence-corrected chi connectivity index (χ4v) is 2.20. The minimum atomic E-state index is -0.0454. The van der Waals surface area contributed by atoms with Gasteiger partial charge in [0.2, 0.25) is 0 Å². The summed E-state index contributed by atoms with van der Waals surface area (Å²) in [6, 6.07) is 7.90. The smallest absolute Gasteiger partial charge is 0.108 e. The quantitative estimate of drug-likeness (QED) is 0.354. The SMILES string of the molecule is C=C(O)/C=C\C(=C)N=NC1=C(C)C=C(N=Nc2ccccc2C)CC1. The van der Waals surface area contributed by atoms with Gasteiger partial charge in [0.1, 0.15) is 5.76 Å². The lowest BCUT2D eigenvalue weighted by Crippen LogP contribution is -1.94. The molecule has 1 aliphatic rings. The van der Waals surface area contributed by atoms with Crippen LogP contribution in [0.25, 0.3) is 0 Å². The fraction of sp³-hybridized carbons (Fsp3) is 0.200. The van der Waals surface area contributed by atoms with Crippen molar-refractivity contribution in [2.45, 2.75) is 26.7 Å². The van der Waals surface area contributed by atoms with Crippen LogP contribution in [0.3, 0.4) is 0 Å². The van der Waals surface area contributed by atoms with Gasteiger partial charge in [-0.2, -0.15) is 20.5 Å². The number of aliphatic hydroxyl groups excluding tert-OH is 1. The Hall–Kier alpha value is -3.08. The first-order valence-electron chi connectivity index (χ1n) is 8.00. The van der Waals surface area contributed by atoms with Gasteiger partial charge in [0.05, 0.1) is 22.8 Å². The molecule has 0 aliphatic heterocycles. The van der Waals surface area contributed by atoms with Crippen molar-refractivity contribution in [3.63, 3.8) is 0 Å². The average Bonchev–Trinajstić information content (AvgIpc) is 2.58. The van der Waals surface area contributed by atoms with E-state index in [2.05, 4.69) is 33.6 Å². The molecule has 0 unspecified atom stereocenters. The maximum atomic E-state index is 9.01. The molecule has 0 fully saturated rings. The van der Waals surface area contributed by atoms with Crippen LogP contribution in [0.2, 0.25) is 0 Å². The van der Waals surface area contributed by atoms with Gasteiger partial charge < -0.3 is 5.11 Å². The van der Waals surface area contributed by atoms with Crippen molar-refractivity contribution < 1.29 is 5.11 Å². The molecule has 0 atom stereocenters. The third kappa shape index (κ3) is 5.80. The molecule has 1 aromatic carbocycles. The van der Waals surface area contributed by atoms with Gasteiger partial charge in [-0.05, 0) is 62.1 Å². The summed E-state index contributed by atoms with van der Waals surface area (Å²) in [5, 5.41) is 26.0. The maximum Gasteiger partial charge on any atom is 0.108 e. The fourth-order valence-electron chi connectivity index (χ4n) is 2.20. The van der Waals surface area contributed by atoms with Crippen LogP contribution >= 0.6 is 0 Å². The van der Waals surface area contributed by atoms with Crippen LogP contribution in [0.5, 0.6) is 0 Å². The molecule has 0 bridgehead atoms. The van der Waals surface area contributed by atoms with Crippen molar-refractivity contribution >= 4 is 5.69 Å². The lowest BCUT2D eigenvalue weighted by Gasteiger charge is -2.11. The zero-order valence-corrected chi connectivity index (χ0v) is 14.6. The Morgan fingerprint density at radius 3 is 2.48 bits per heavy atom. The summed E-state index contributed by atoms with van der Waals surface area (Å²) in [6.45, 7) is 11.1. The second kappa shape index (κ2) is 8.68. The van der Waals surface area contributed by atoms with Gasteiger partial charge in [-0.15, -0.1) is 0 Å². The molecule has 25 heavy (non-hydrogen) atoms. The van der Waals surface area contributed by atoms with Crippen LogP contribution in [-0.2, 0) is 0 Å². The largest absolute Gasteiger partial charge is 0.509 e. The predicted molar refractivity (Wildman–Crippen MR) is 101 cm³/mol. The number of nitrogens with zero attached hydrogens (tertiary/aromatic N) is 4. The first kappa shape index (κ1) is 18.3. The molecule has 128 valence electrons. The lowest BCUT2D eigenvalue weighted by molar-refractivity contribution is 0.435. The van der Waals surface area contributed by atoms with Gasteiger partial charge in [0, 0.05) is 0 Å². The Bertz CT molecular complexity index is 826. The summed E-state index contributed by atoms with van der Waals surface area (Å²) in [7, 11) is 0. The van der Waals surface area contributed by atoms with E-state index in [9.17, 15) is 0 Å². The molecular formula is C20H22N4O. The van der Waals surface area contributed by atoms with E-state index >= 15 is 0 Å². The Labute approximate surface area is 148 Å². The first-order valence-corrected chi connectivity index (χ1v) is 8.00. The maximum absolute atomic E-state index is 9.01. The van der Waals surface area contributed by atoms with Crippen LogP contribution < -0.4 is 0 Å². The Balaban J connectivity index is 2.07. The predicted octanol–water partition coefficient (Wildman–Crippen LogP) is 6.62. The highest BCUT2D eigenvalue weighted by Crippen LogP contribution is 2.27. The molecular weight excluding hydrogens is 312 g/mol. The third-order valence-corrected chi connectivity index (χ3v) is 3.63. The number of allylic oxidation sites excluding steroid dienone is 6. The van der Waals surface area contributed by atoms with E-state index in [4.69, 9.17) is 5.11 Å². The van der Waals surface area contributed by atoms with Gasteiger partial charge in [-0.25, -0.2) is 0 Å². The molecule has 0 heterocycles. The summed E-state index contributed by atoms with van der Waals surface area (Å²) < 4.78 is 0. The second-order valence-corrected chi connectivity index (χ2v) is 5.77. The number of hydrogen-bond donors (Lipinski definition) is 1. The van der Waals surface area contributed by atoms with Gasteiger partial charge in [-0.3, -0.25) is 0 Å². The number of rotatable bonds is 6. The molecule has 0 spiro atoms. The van der Waals surface area contributed by atoms with E-state index in [1.54, 1.807) is 6.08 Å². The summed E-state index contributed by atoms with van der Waals surface area (Å²) in [4.78, 5) is 0. The first-order chi connectivity index (χ1) is 12.0. The zero-order valence-electron chi connectivity index (χ0n) is 14.6. The van der Waals surface area contributed by atoms with Crippen LogP contribution in [-0.4, -0.2) is 5.11 Å². The van der Waals surface area contributed by atoms with Crippen LogP contribution in [0.15, 0.2) is 105 Å². The Morgan fingerprint density at radius 1 is 1.04 bits per heavy atom. The van der Waals surface area contributed by atoms with Crippen molar-refractivity contribution in [1.82, 2.24) is 0 Å². The van der Waals surface area contributed by atoms with Crippen molar-refractivity contribution in [1.29, 1.82) is 0 Å². The van der Waals surface area contributed by atoms with Crippen molar-refractivity contribution in [3.8, 4) is 0 Å². The highest BCUT2D eigenvalue weighted by Gasteiger charge is 2.10. The molecule has 0 saturated carbocycles. The second-order valence-electron chi connectivity index (χ2n) is 5.77. The number of hydrogen-bond acceptors (Lipinski definition) is 5. The number of aliphatic hydroxyl groups is 1. The van der Waals surface area contributed by atoms with Gasteiger partial charge in [0.25, 0.3) is 0 Å². The summed E-state index contributed by atoms with van der Waals surface area (Å²) in [5.41, 5.74) is 5.26. The van der Waals surface area contributed by atoms with Crippen molar-refractivity contribution in [2.75, 3.05) is 0 Å². The Morgan fingerprint density at radius 2 is 1.80 bits per heavy atom. The summed E-state index contributed by atoms with van der Waals surface area (Å²) in [6.07, 6.45) is 6.47.